The van der Waals surface area contributed by atoms with Crippen molar-refractivity contribution in [2.24, 2.45) is 11.3 Å². The van der Waals surface area contributed by atoms with Crippen LogP contribution in [0.15, 0.2) is 30.3 Å². The summed E-state index contributed by atoms with van der Waals surface area (Å²) in [5, 5.41) is 0. The molecule has 1 heterocycles. The minimum absolute atomic E-state index is 0.106. The van der Waals surface area contributed by atoms with Crippen molar-refractivity contribution in [3.8, 4) is 0 Å². The van der Waals surface area contributed by atoms with Crippen LogP contribution in [-0.4, -0.2) is 24.8 Å². The number of rotatable bonds is 3. The van der Waals surface area contributed by atoms with Gasteiger partial charge in [0.15, 0.2) is 5.78 Å². The standard InChI is InChI=1S/C16H18O5/c1-16(2)14(18)11(9-12(17)20-3)13(21-15(16)19)10-7-5-4-6-8-10/h4-8,11,13H,9H2,1-3H3. The summed E-state index contributed by atoms with van der Waals surface area (Å²) in [6.07, 6.45) is -0.857. The lowest BCUT2D eigenvalue weighted by molar-refractivity contribution is -0.181. The Morgan fingerprint density at radius 1 is 1.24 bits per heavy atom. The molecular formula is C16H18O5. The molecule has 0 radical (unpaired) electrons. The first kappa shape index (κ1) is 15.2. The van der Waals surface area contributed by atoms with Crippen molar-refractivity contribution in [1.29, 1.82) is 0 Å². The van der Waals surface area contributed by atoms with E-state index in [9.17, 15) is 14.4 Å². The van der Waals surface area contributed by atoms with Gasteiger partial charge < -0.3 is 9.47 Å². The number of esters is 2. The summed E-state index contributed by atoms with van der Waals surface area (Å²) in [6.45, 7) is 3.03. The van der Waals surface area contributed by atoms with Crippen LogP contribution in [0, 0.1) is 11.3 Å². The van der Waals surface area contributed by atoms with Crippen LogP contribution in [0.3, 0.4) is 0 Å². The van der Waals surface area contributed by atoms with Crippen molar-refractivity contribution in [3.63, 3.8) is 0 Å². The molecule has 0 aromatic heterocycles. The van der Waals surface area contributed by atoms with E-state index in [4.69, 9.17) is 4.74 Å². The second-order valence-electron chi connectivity index (χ2n) is 5.61. The highest BCUT2D eigenvalue weighted by atomic mass is 16.6. The monoisotopic (exact) mass is 290 g/mol. The predicted molar refractivity (Wildman–Crippen MR) is 74.2 cm³/mol. The van der Waals surface area contributed by atoms with Crippen molar-refractivity contribution < 1.29 is 23.9 Å². The van der Waals surface area contributed by atoms with Crippen LogP contribution in [0.2, 0.25) is 0 Å². The van der Waals surface area contributed by atoms with Crippen molar-refractivity contribution in [1.82, 2.24) is 0 Å². The minimum atomic E-state index is -1.25. The number of hydrogen-bond acceptors (Lipinski definition) is 5. The molecule has 2 atom stereocenters. The lowest BCUT2D eigenvalue weighted by Crippen LogP contribution is -2.48. The number of carbonyl (C=O) groups is 3. The smallest absolute Gasteiger partial charge is 0.319 e. The summed E-state index contributed by atoms with van der Waals surface area (Å²) >= 11 is 0. The van der Waals surface area contributed by atoms with Crippen molar-refractivity contribution >= 4 is 17.7 Å². The molecule has 1 aliphatic heterocycles. The molecule has 1 aromatic rings. The van der Waals surface area contributed by atoms with Gasteiger partial charge in [0.1, 0.15) is 11.5 Å². The summed E-state index contributed by atoms with van der Waals surface area (Å²) < 4.78 is 10.1. The van der Waals surface area contributed by atoms with Crippen molar-refractivity contribution in [2.45, 2.75) is 26.4 Å². The lowest BCUT2D eigenvalue weighted by atomic mass is 9.74. The average molecular weight is 290 g/mol. The molecule has 5 nitrogen and oxygen atoms in total. The number of methoxy groups -OCH3 is 1. The first-order valence-corrected chi connectivity index (χ1v) is 6.75. The maximum absolute atomic E-state index is 12.6. The van der Waals surface area contributed by atoms with E-state index in [0.29, 0.717) is 5.56 Å². The second-order valence-corrected chi connectivity index (χ2v) is 5.61. The van der Waals surface area contributed by atoms with Crippen molar-refractivity contribution in [2.75, 3.05) is 7.11 Å². The van der Waals surface area contributed by atoms with Gasteiger partial charge in [0.2, 0.25) is 0 Å². The van der Waals surface area contributed by atoms with Gasteiger partial charge in [0.25, 0.3) is 0 Å². The highest BCUT2D eigenvalue weighted by molar-refractivity contribution is 6.07. The Kier molecular flexibility index (Phi) is 4.11. The van der Waals surface area contributed by atoms with E-state index in [1.807, 2.05) is 6.07 Å². The third-order valence-corrected chi connectivity index (χ3v) is 3.80. The summed E-state index contributed by atoms with van der Waals surface area (Å²) in [5.41, 5.74) is -0.548. The highest BCUT2D eigenvalue weighted by Gasteiger charge is 2.51. The van der Waals surface area contributed by atoms with Gasteiger partial charge in [-0.05, 0) is 19.4 Å². The molecule has 0 spiro atoms. The summed E-state index contributed by atoms with van der Waals surface area (Å²) in [5.74, 6) is -2.09. The molecule has 0 aliphatic carbocycles. The lowest BCUT2D eigenvalue weighted by Gasteiger charge is -2.37. The SMILES string of the molecule is COC(=O)CC1C(=O)C(C)(C)C(=O)OC1c1ccccc1. The van der Waals surface area contributed by atoms with E-state index in [-0.39, 0.29) is 12.2 Å². The Bertz CT molecular complexity index is 561. The topological polar surface area (TPSA) is 69.7 Å². The number of cyclic esters (lactones) is 1. The van der Waals surface area contributed by atoms with Crippen LogP contribution in [0.1, 0.15) is 31.9 Å². The quantitative estimate of drug-likeness (QED) is 0.629. The van der Waals surface area contributed by atoms with Crippen molar-refractivity contribution in [3.05, 3.63) is 35.9 Å². The number of ether oxygens (including phenoxy) is 2. The zero-order valence-corrected chi connectivity index (χ0v) is 12.3. The van der Waals surface area contributed by atoms with E-state index in [1.54, 1.807) is 24.3 Å². The molecule has 5 heteroatoms. The molecule has 0 amide bonds. The molecule has 0 saturated carbocycles. The largest absolute Gasteiger partial charge is 0.469 e. The molecule has 2 unspecified atom stereocenters. The number of benzene rings is 1. The van der Waals surface area contributed by atoms with Crippen LogP contribution >= 0.6 is 0 Å². The summed E-state index contributed by atoms with van der Waals surface area (Å²) in [6, 6.07) is 8.96. The van der Waals surface area contributed by atoms with E-state index in [0.717, 1.165) is 0 Å². The van der Waals surface area contributed by atoms with Gasteiger partial charge in [-0.15, -0.1) is 0 Å². The Morgan fingerprint density at radius 3 is 2.43 bits per heavy atom. The van der Waals surface area contributed by atoms with Crippen LogP contribution in [0.4, 0.5) is 0 Å². The molecular weight excluding hydrogens is 272 g/mol. The summed E-state index contributed by atoms with van der Waals surface area (Å²) in [4.78, 5) is 36.2. The number of Topliss-reactive ketones (excluding diaryl/α,β-unsaturated/α-hetero) is 1. The average Bonchev–Trinajstić information content (AvgIpc) is 2.49. The maximum Gasteiger partial charge on any atom is 0.319 e. The van der Waals surface area contributed by atoms with Gasteiger partial charge in [0, 0.05) is 0 Å². The minimum Gasteiger partial charge on any atom is -0.469 e. The third-order valence-electron chi connectivity index (χ3n) is 3.80. The number of ketones is 1. The van der Waals surface area contributed by atoms with Crippen LogP contribution in [-0.2, 0) is 23.9 Å². The molecule has 0 N–H and O–H groups in total. The first-order valence-electron chi connectivity index (χ1n) is 6.75. The zero-order valence-electron chi connectivity index (χ0n) is 12.3. The van der Waals surface area contributed by atoms with Gasteiger partial charge in [-0.25, -0.2) is 0 Å². The fraction of sp³-hybridized carbons (Fsp3) is 0.438. The van der Waals surface area contributed by atoms with Crippen LogP contribution in [0.25, 0.3) is 0 Å². The number of carbonyl (C=O) groups excluding carboxylic acids is 3. The van der Waals surface area contributed by atoms with Gasteiger partial charge in [0.05, 0.1) is 19.4 Å². The third kappa shape index (κ3) is 2.82. The number of hydrogen-bond donors (Lipinski definition) is 0. The van der Waals surface area contributed by atoms with Gasteiger partial charge >= 0.3 is 11.9 Å². The molecule has 1 fully saturated rings. The Labute approximate surface area is 123 Å². The molecule has 2 rings (SSSR count). The van der Waals surface area contributed by atoms with E-state index >= 15 is 0 Å². The molecule has 1 aliphatic rings. The highest BCUT2D eigenvalue weighted by Crippen LogP contribution is 2.41. The fourth-order valence-electron chi connectivity index (χ4n) is 2.45. The first-order chi connectivity index (χ1) is 9.87. The zero-order chi connectivity index (χ0) is 15.6. The van der Waals surface area contributed by atoms with Crippen LogP contribution < -0.4 is 0 Å². The fourth-order valence-corrected chi connectivity index (χ4v) is 2.45. The Morgan fingerprint density at radius 2 is 1.86 bits per heavy atom. The predicted octanol–water partition coefficient (Wildman–Crippen LogP) is 2.06. The molecule has 0 bridgehead atoms. The van der Waals surface area contributed by atoms with Crippen LogP contribution in [0.5, 0.6) is 0 Å². The Hall–Kier alpha value is -2.17. The summed E-state index contributed by atoms with van der Waals surface area (Å²) in [7, 11) is 1.27. The van der Waals surface area contributed by atoms with E-state index < -0.39 is 29.4 Å². The van der Waals surface area contributed by atoms with Gasteiger partial charge in [-0.3, -0.25) is 14.4 Å². The molecule has 1 aromatic carbocycles. The second kappa shape index (κ2) is 5.68. The molecule has 1 saturated heterocycles. The van der Waals surface area contributed by atoms with E-state index in [2.05, 4.69) is 4.74 Å². The molecule has 21 heavy (non-hydrogen) atoms. The Balaban J connectivity index is 2.39. The maximum atomic E-state index is 12.6. The van der Waals surface area contributed by atoms with E-state index in [1.165, 1.54) is 21.0 Å². The normalized spacial score (nSPS) is 24.3. The van der Waals surface area contributed by atoms with Gasteiger partial charge in [-0.2, -0.15) is 0 Å². The molecule has 112 valence electrons. The van der Waals surface area contributed by atoms with Gasteiger partial charge in [-0.1, -0.05) is 30.3 Å².